The molecule has 0 saturated carbocycles. The lowest BCUT2D eigenvalue weighted by atomic mass is 10.0. The third kappa shape index (κ3) is 3.91. The van der Waals surface area contributed by atoms with Gasteiger partial charge < -0.3 is 5.32 Å². The molecule has 0 spiro atoms. The first-order valence-corrected chi connectivity index (χ1v) is 8.60. The molecule has 4 nitrogen and oxygen atoms in total. The number of halogens is 1. The Kier molecular flexibility index (Phi) is 5.19. The van der Waals surface area contributed by atoms with Crippen LogP contribution in [0.15, 0.2) is 60.8 Å². The number of carbonyl (C=O) groups is 1. The van der Waals surface area contributed by atoms with Gasteiger partial charge in [0.25, 0.3) is 5.91 Å². The molecule has 2 aromatic carbocycles. The van der Waals surface area contributed by atoms with E-state index in [-0.39, 0.29) is 11.8 Å². The Bertz CT molecular complexity index is 854. The minimum Gasteiger partial charge on any atom is -0.348 e. The normalized spacial score (nSPS) is 10.9. The summed E-state index contributed by atoms with van der Waals surface area (Å²) in [5.74, 6) is 0.0309. The molecule has 0 aliphatic carbocycles. The molecular weight excluding hydrogens is 334 g/mol. The van der Waals surface area contributed by atoms with Crippen molar-refractivity contribution in [3.05, 3.63) is 82.6 Å². The van der Waals surface area contributed by atoms with E-state index in [0.717, 1.165) is 16.9 Å². The number of benzene rings is 2. The van der Waals surface area contributed by atoms with Crippen LogP contribution in [0.3, 0.4) is 0 Å². The number of carbonyl (C=O) groups excluding carboxylic acids is 1. The Balaban J connectivity index is 1.86. The predicted octanol–water partition coefficient (Wildman–Crippen LogP) is 4.58. The van der Waals surface area contributed by atoms with Gasteiger partial charge in [0, 0.05) is 11.6 Å². The molecule has 0 atom stereocenters. The lowest BCUT2D eigenvalue weighted by molar-refractivity contribution is 0.0949. The van der Waals surface area contributed by atoms with Crippen molar-refractivity contribution in [2.75, 3.05) is 0 Å². The van der Waals surface area contributed by atoms with Crippen LogP contribution in [0.1, 0.15) is 41.4 Å². The quantitative estimate of drug-likeness (QED) is 0.729. The highest BCUT2D eigenvalue weighted by Gasteiger charge is 2.20. The van der Waals surface area contributed by atoms with E-state index in [9.17, 15) is 4.79 Å². The Morgan fingerprint density at radius 2 is 1.80 bits per heavy atom. The third-order valence-electron chi connectivity index (χ3n) is 3.97. The number of nitrogens with zero attached hydrogens (tertiary/aromatic N) is 2. The molecule has 0 aliphatic heterocycles. The molecule has 5 heteroatoms. The molecule has 3 rings (SSSR count). The van der Waals surface area contributed by atoms with Crippen molar-refractivity contribution in [3.63, 3.8) is 0 Å². The van der Waals surface area contributed by atoms with Crippen LogP contribution in [0.4, 0.5) is 0 Å². The van der Waals surface area contributed by atoms with Crippen molar-refractivity contribution in [2.24, 2.45) is 0 Å². The van der Waals surface area contributed by atoms with Gasteiger partial charge in [-0.1, -0.05) is 55.8 Å². The molecule has 0 aliphatic rings. The zero-order valence-corrected chi connectivity index (χ0v) is 15.0. The SMILES string of the molecule is CC(C)c1c(C(=O)NCc2ccccc2)cnn1-c1ccc(Cl)cc1. The van der Waals surface area contributed by atoms with Crippen molar-refractivity contribution in [1.29, 1.82) is 0 Å². The van der Waals surface area contributed by atoms with Crippen LogP contribution in [-0.2, 0) is 6.54 Å². The fraction of sp³-hybridized carbons (Fsp3) is 0.200. The number of rotatable bonds is 5. The molecule has 0 radical (unpaired) electrons. The molecule has 0 fully saturated rings. The van der Waals surface area contributed by atoms with E-state index in [1.165, 1.54) is 0 Å². The smallest absolute Gasteiger partial charge is 0.255 e. The third-order valence-corrected chi connectivity index (χ3v) is 4.22. The fourth-order valence-electron chi connectivity index (χ4n) is 2.75. The average Bonchev–Trinajstić information content (AvgIpc) is 3.06. The number of nitrogens with one attached hydrogen (secondary N) is 1. The minimum absolute atomic E-state index is 0.118. The van der Waals surface area contributed by atoms with E-state index in [4.69, 9.17) is 11.6 Å². The second-order valence-electron chi connectivity index (χ2n) is 6.15. The Morgan fingerprint density at radius 1 is 1.12 bits per heavy atom. The molecule has 1 heterocycles. The topological polar surface area (TPSA) is 46.9 Å². The van der Waals surface area contributed by atoms with Gasteiger partial charge in [-0.05, 0) is 35.7 Å². The average molecular weight is 354 g/mol. The predicted molar refractivity (Wildman–Crippen MR) is 100 cm³/mol. The summed E-state index contributed by atoms with van der Waals surface area (Å²) in [5.41, 5.74) is 3.43. The summed E-state index contributed by atoms with van der Waals surface area (Å²) in [6.45, 7) is 4.60. The van der Waals surface area contributed by atoms with Crippen molar-refractivity contribution >= 4 is 17.5 Å². The maximum Gasteiger partial charge on any atom is 0.255 e. The molecule has 3 aromatic rings. The molecule has 25 heavy (non-hydrogen) atoms. The summed E-state index contributed by atoms with van der Waals surface area (Å²) >= 11 is 5.96. The van der Waals surface area contributed by atoms with E-state index >= 15 is 0 Å². The lowest BCUT2D eigenvalue weighted by Crippen LogP contribution is -2.24. The van der Waals surface area contributed by atoms with Crippen LogP contribution in [-0.4, -0.2) is 15.7 Å². The van der Waals surface area contributed by atoms with E-state index in [1.54, 1.807) is 10.9 Å². The summed E-state index contributed by atoms with van der Waals surface area (Å²) in [6, 6.07) is 17.3. The highest BCUT2D eigenvalue weighted by Crippen LogP contribution is 2.24. The van der Waals surface area contributed by atoms with E-state index < -0.39 is 0 Å². The van der Waals surface area contributed by atoms with Gasteiger partial charge in [0.05, 0.1) is 23.1 Å². The first-order chi connectivity index (χ1) is 12.1. The van der Waals surface area contributed by atoms with Crippen LogP contribution < -0.4 is 5.32 Å². The second-order valence-corrected chi connectivity index (χ2v) is 6.59. The largest absolute Gasteiger partial charge is 0.348 e. The highest BCUT2D eigenvalue weighted by molar-refractivity contribution is 6.30. The van der Waals surface area contributed by atoms with Gasteiger partial charge in [0.15, 0.2) is 0 Å². The standard InChI is InChI=1S/C20H20ClN3O/c1-14(2)19-18(20(25)22-12-15-6-4-3-5-7-15)13-23-24(19)17-10-8-16(21)9-11-17/h3-11,13-14H,12H2,1-2H3,(H,22,25). The molecule has 1 N–H and O–H groups in total. The monoisotopic (exact) mass is 353 g/mol. The maximum atomic E-state index is 12.7. The highest BCUT2D eigenvalue weighted by atomic mass is 35.5. The van der Waals surface area contributed by atoms with Crippen molar-refractivity contribution in [3.8, 4) is 5.69 Å². The number of amides is 1. The summed E-state index contributed by atoms with van der Waals surface area (Å²) in [5, 5.41) is 8.07. The molecule has 1 aromatic heterocycles. The van der Waals surface area contributed by atoms with Crippen LogP contribution in [0, 0.1) is 0 Å². The molecule has 1 amide bonds. The zero-order chi connectivity index (χ0) is 17.8. The Labute approximate surface area is 152 Å². The van der Waals surface area contributed by atoms with Gasteiger partial charge in [-0.15, -0.1) is 0 Å². The number of hydrogen-bond acceptors (Lipinski definition) is 2. The minimum atomic E-state index is -0.118. The summed E-state index contributed by atoms with van der Waals surface area (Å²) < 4.78 is 1.80. The van der Waals surface area contributed by atoms with Gasteiger partial charge in [-0.3, -0.25) is 4.79 Å². The molecule has 0 unspecified atom stereocenters. The molecule has 0 saturated heterocycles. The van der Waals surface area contributed by atoms with Crippen molar-refractivity contribution < 1.29 is 4.79 Å². The second kappa shape index (κ2) is 7.53. The summed E-state index contributed by atoms with van der Waals surface area (Å²) in [4.78, 5) is 12.7. The molecular formula is C20H20ClN3O. The van der Waals surface area contributed by atoms with Crippen molar-refractivity contribution in [2.45, 2.75) is 26.3 Å². The zero-order valence-electron chi connectivity index (χ0n) is 14.2. The van der Waals surface area contributed by atoms with Gasteiger partial charge >= 0.3 is 0 Å². The molecule has 0 bridgehead atoms. The first-order valence-electron chi connectivity index (χ1n) is 8.22. The number of hydrogen-bond donors (Lipinski definition) is 1. The fourth-order valence-corrected chi connectivity index (χ4v) is 2.88. The number of aromatic nitrogens is 2. The van der Waals surface area contributed by atoms with Crippen molar-refractivity contribution in [1.82, 2.24) is 15.1 Å². The Hall–Kier alpha value is -2.59. The van der Waals surface area contributed by atoms with E-state index in [0.29, 0.717) is 17.1 Å². The van der Waals surface area contributed by atoms with Crippen LogP contribution in [0.5, 0.6) is 0 Å². The Morgan fingerprint density at radius 3 is 2.44 bits per heavy atom. The lowest BCUT2D eigenvalue weighted by Gasteiger charge is -2.13. The maximum absolute atomic E-state index is 12.7. The molecule has 128 valence electrons. The summed E-state index contributed by atoms with van der Waals surface area (Å²) in [7, 11) is 0. The van der Waals surface area contributed by atoms with Gasteiger partial charge in [-0.2, -0.15) is 5.10 Å². The first kappa shape index (κ1) is 17.2. The van der Waals surface area contributed by atoms with Crippen LogP contribution in [0.25, 0.3) is 5.69 Å². The van der Waals surface area contributed by atoms with Gasteiger partial charge in [0.1, 0.15) is 0 Å². The van der Waals surface area contributed by atoms with Gasteiger partial charge in [-0.25, -0.2) is 4.68 Å². The van der Waals surface area contributed by atoms with E-state index in [2.05, 4.69) is 24.3 Å². The van der Waals surface area contributed by atoms with E-state index in [1.807, 2.05) is 54.6 Å². The van der Waals surface area contributed by atoms with Crippen LogP contribution >= 0.6 is 11.6 Å². The van der Waals surface area contributed by atoms with Crippen LogP contribution in [0.2, 0.25) is 5.02 Å². The van der Waals surface area contributed by atoms with Gasteiger partial charge in [0.2, 0.25) is 0 Å². The summed E-state index contributed by atoms with van der Waals surface area (Å²) in [6.07, 6.45) is 1.63.